The molecular weight excluding hydrogens is 430 g/mol. The number of fused-ring (bicyclic) bond motifs is 1. The highest BCUT2D eigenvalue weighted by Gasteiger charge is 2.40. The van der Waals surface area contributed by atoms with Crippen LogP contribution in [0.2, 0.25) is 0 Å². The van der Waals surface area contributed by atoms with E-state index in [-0.39, 0.29) is 48.5 Å². The lowest BCUT2D eigenvalue weighted by molar-refractivity contribution is -0.142. The fourth-order valence-corrected chi connectivity index (χ4v) is 5.13. The molecule has 0 spiro atoms. The molecule has 2 heterocycles. The number of aromatic nitrogens is 1. The number of carbonyl (C=O) groups excluding carboxylic acids is 4. The molecule has 1 fully saturated rings. The molecule has 8 nitrogen and oxygen atoms in total. The maximum Gasteiger partial charge on any atom is 0.311 e. The van der Waals surface area contributed by atoms with E-state index in [2.05, 4.69) is 10.3 Å². The molecule has 9 heteroatoms. The summed E-state index contributed by atoms with van der Waals surface area (Å²) in [5.74, 6) is -1.53. The molecule has 3 amide bonds. The van der Waals surface area contributed by atoms with Crippen molar-refractivity contribution in [1.82, 2.24) is 9.88 Å². The first-order valence-corrected chi connectivity index (χ1v) is 11.7. The molecule has 1 saturated carbocycles. The Morgan fingerprint density at radius 1 is 1.16 bits per heavy atom. The third-order valence-corrected chi connectivity index (χ3v) is 6.76. The number of carbonyl (C=O) groups is 4. The van der Waals surface area contributed by atoms with Crippen LogP contribution < -0.4 is 5.32 Å². The van der Waals surface area contributed by atoms with Crippen LogP contribution in [-0.2, 0) is 20.7 Å². The summed E-state index contributed by atoms with van der Waals surface area (Å²) >= 11 is 1.26. The standard InChI is InChI=1S/C23H25N3O5S/c1-2-31-19(27)11-15-13-32-23(24-15)25-20(28)16-8-4-3-7-14(16)12-26-21(29)17-9-5-6-10-18(17)22(26)30/h5-6,9-10,13-14,16H,2-4,7-8,11-12H2,1H3,(H,24,25,28). The van der Waals surface area contributed by atoms with Gasteiger partial charge >= 0.3 is 5.97 Å². The Morgan fingerprint density at radius 3 is 2.53 bits per heavy atom. The highest BCUT2D eigenvalue weighted by atomic mass is 32.1. The van der Waals surface area contributed by atoms with Crippen LogP contribution in [0.3, 0.4) is 0 Å². The van der Waals surface area contributed by atoms with Crippen LogP contribution in [0.25, 0.3) is 0 Å². The van der Waals surface area contributed by atoms with Crippen molar-refractivity contribution in [3.63, 3.8) is 0 Å². The van der Waals surface area contributed by atoms with Gasteiger partial charge in [0.05, 0.1) is 29.8 Å². The normalized spacial score (nSPS) is 20.2. The zero-order chi connectivity index (χ0) is 22.7. The van der Waals surface area contributed by atoms with Crippen molar-refractivity contribution in [2.75, 3.05) is 18.5 Å². The third kappa shape index (κ3) is 4.57. The van der Waals surface area contributed by atoms with Gasteiger partial charge in [-0.2, -0.15) is 0 Å². The number of benzene rings is 1. The summed E-state index contributed by atoms with van der Waals surface area (Å²) in [4.78, 5) is 55.8. The number of ether oxygens (including phenoxy) is 1. The first kappa shape index (κ1) is 22.1. The SMILES string of the molecule is CCOC(=O)Cc1csc(NC(=O)C2CCCCC2CN2C(=O)c3ccccc3C2=O)n1. The topological polar surface area (TPSA) is 106 Å². The molecule has 1 aliphatic carbocycles. The highest BCUT2D eigenvalue weighted by molar-refractivity contribution is 7.13. The van der Waals surface area contributed by atoms with E-state index in [1.807, 2.05) is 0 Å². The van der Waals surface area contributed by atoms with Crippen molar-refractivity contribution in [3.8, 4) is 0 Å². The fraction of sp³-hybridized carbons (Fsp3) is 0.435. The maximum atomic E-state index is 13.0. The number of rotatable bonds is 7. The van der Waals surface area contributed by atoms with Gasteiger partial charge < -0.3 is 10.1 Å². The summed E-state index contributed by atoms with van der Waals surface area (Å²) in [5.41, 5.74) is 1.40. The number of anilines is 1. The van der Waals surface area contributed by atoms with Gasteiger partial charge in [-0.3, -0.25) is 24.1 Å². The molecule has 1 aromatic carbocycles. The minimum absolute atomic E-state index is 0.0615. The van der Waals surface area contributed by atoms with E-state index in [0.717, 1.165) is 19.3 Å². The Bertz CT molecular complexity index is 1010. The molecule has 0 saturated heterocycles. The number of hydrogen-bond donors (Lipinski definition) is 1. The van der Waals surface area contributed by atoms with Gasteiger partial charge in [-0.1, -0.05) is 25.0 Å². The number of nitrogens with zero attached hydrogens (tertiary/aromatic N) is 2. The fourth-order valence-electron chi connectivity index (χ4n) is 4.41. The van der Waals surface area contributed by atoms with Gasteiger partial charge in [0.1, 0.15) is 0 Å². The molecule has 1 aliphatic heterocycles. The number of imide groups is 1. The lowest BCUT2D eigenvalue weighted by Crippen LogP contribution is -2.41. The second-order valence-electron chi connectivity index (χ2n) is 8.03. The van der Waals surface area contributed by atoms with E-state index in [4.69, 9.17) is 4.74 Å². The van der Waals surface area contributed by atoms with Crippen molar-refractivity contribution in [2.45, 2.75) is 39.0 Å². The molecule has 168 valence electrons. The van der Waals surface area contributed by atoms with Gasteiger partial charge in [0.15, 0.2) is 5.13 Å². The monoisotopic (exact) mass is 455 g/mol. The van der Waals surface area contributed by atoms with Crippen molar-refractivity contribution < 1.29 is 23.9 Å². The lowest BCUT2D eigenvalue weighted by Gasteiger charge is -2.32. The van der Waals surface area contributed by atoms with Gasteiger partial charge in [0.2, 0.25) is 5.91 Å². The molecule has 2 unspecified atom stereocenters. The second-order valence-corrected chi connectivity index (χ2v) is 8.89. The molecular formula is C23H25N3O5S. The first-order chi connectivity index (χ1) is 15.5. The van der Waals surface area contributed by atoms with E-state index in [1.165, 1.54) is 16.2 Å². The minimum atomic E-state index is -0.357. The Labute approximate surface area is 190 Å². The van der Waals surface area contributed by atoms with Crippen LogP contribution in [0.4, 0.5) is 5.13 Å². The largest absolute Gasteiger partial charge is 0.466 e. The van der Waals surface area contributed by atoms with Crippen LogP contribution in [0.15, 0.2) is 29.6 Å². The quantitative estimate of drug-likeness (QED) is 0.507. The summed E-state index contributed by atoms with van der Waals surface area (Å²) in [5, 5.41) is 5.02. The highest BCUT2D eigenvalue weighted by Crippen LogP contribution is 2.34. The number of esters is 1. The molecule has 2 aliphatic rings. The average Bonchev–Trinajstić information content (AvgIpc) is 3.32. The summed E-state index contributed by atoms with van der Waals surface area (Å²) in [6, 6.07) is 6.82. The molecule has 32 heavy (non-hydrogen) atoms. The number of amides is 3. The predicted octanol–water partition coefficient (Wildman–Crippen LogP) is 3.29. The van der Waals surface area contributed by atoms with E-state index >= 15 is 0 Å². The summed E-state index contributed by atoms with van der Waals surface area (Å²) in [6.45, 7) is 2.28. The Kier molecular flexibility index (Phi) is 6.64. The number of thiazole rings is 1. The number of nitrogens with one attached hydrogen (secondary N) is 1. The van der Waals surface area contributed by atoms with E-state index in [1.54, 1.807) is 36.6 Å². The van der Waals surface area contributed by atoms with Crippen LogP contribution >= 0.6 is 11.3 Å². The molecule has 0 radical (unpaired) electrons. The first-order valence-electron chi connectivity index (χ1n) is 10.8. The lowest BCUT2D eigenvalue weighted by atomic mass is 9.78. The molecule has 1 N–H and O–H groups in total. The Hall–Kier alpha value is -3.07. The minimum Gasteiger partial charge on any atom is -0.466 e. The van der Waals surface area contributed by atoms with Crippen molar-refractivity contribution in [1.29, 1.82) is 0 Å². The summed E-state index contributed by atoms with van der Waals surface area (Å²) in [6.07, 6.45) is 3.41. The zero-order valence-electron chi connectivity index (χ0n) is 17.8. The van der Waals surface area contributed by atoms with Crippen LogP contribution in [-0.4, -0.2) is 46.7 Å². The van der Waals surface area contributed by atoms with E-state index < -0.39 is 0 Å². The second kappa shape index (κ2) is 9.60. The van der Waals surface area contributed by atoms with Crippen molar-refractivity contribution >= 4 is 40.2 Å². The van der Waals surface area contributed by atoms with Gasteiger partial charge in [0, 0.05) is 17.8 Å². The van der Waals surface area contributed by atoms with Crippen LogP contribution in [0.1, 0.15) is 59.0 Å². The van der Waals surface area contributed by atoms with Gasteiger partial charge in [0.25, 0.3) is 11.8 Å². The molecule has 2 atom stereocenters. The van der Waals surface area contributed by atoms with Gasteiger partial charge in [-0.25, -0.2) is 4.98 Å². The summed E-state index contributed by atoms with van der Waals surface area (Å²) < 4.78 is 4.93. The molecule has 2 aromatic rings. The van der Waals surface area contributed by atoms with Crippen LogP contribution in [0.5, 0.6) is 0 Å². The Morgan fingerprint density at radius 2 is 1.84 bits per heavy atom. The predicted molar refractivity (Wildman–Crippen MR) is 118 cm³/mol. The summed E-state index contributed by atoms with van der Waals surface area (Å²) in [7, 11) is 0. The van der Waals surface area contributed by atoms with E-state index in [9.17, 15) is 19.2 Å². The smallest absolute Gasteiger partial charge is 0.311 e. The molecule has 0 bridgehead atoms. The average molecular weight is 456 g/mol. The van der Waals surface area contributed by atoms with Crippen molar-refractivity contribution in [2.24, 2.45) is 11.8 Å². The van der Waals surface area contributed by atoms with Crippen LogP contribution in [0, 0.1) is 11.8 Å². The zero-order valence-corrected chi connectivity index (χ0v) is 18.7. The van der Waals surface area contributed by atoms with Gasteiger partial charge in [-0.15, -0.1) is 11.3 Å². The van der Waals surface area contributed by atoms with E-state index in [0.29, 0.717) is 35.0 Å². The number of hydrogen-bond acceptors (Lipinski definition) is 7. The maximum absolute atomic E-state index is 13.0. The molecule has 4 rings (SSSR count). The molecule has 1 aromatic heterocycles. The van der Waals surface area contributed by atoms with Gasteiger partial charge in [-0.05, 0) is 37.8 Å². The third-order valence-electron chi connectivity index (χ3n) is 5.95. The Balaban J connectivity index is 1.41. The van der Waals surface area contributed by atoms with Crippen molar-refractivity contribution in [3.05, 3.63) is 46.5 Å².